The zero-order chi connectivity index (χ0) is 15.2. The maximum atomic E-state index is 13.9. The number of benzene rings is 2. The zero-order valence-corrected chi connectivity index (χ0v) is 11.7. The second-order valence-corrected chi connectivity index (χ2v) is 6.40. The summed E-state index contributed by atoms with van der Waals surface area (Å²) in [6, 6.07) is 7.76. The smallest absolute Gasteiger partial charge is 0.207 e. The minimum atomic E-state index is -4.03. The highest BCUT2D eigenvalue weighted by Crippen LogP contribution is 2.23. The van der Waals surface area contributed by atoms with E-state index >= 15 is 0 Å². The van der Waals surface area contributed by atoms with Crippen LogP contribution in [0.5, 0.6) is 0 Å². The number of fused-ring (bicyclic) bond motifs is 1. The zero-order valence-electron chi connectivity index (χ0n) is 10.9. The lowest BCUT2D eigenvalue weighted by Gasteiger charge is -2.06. The van der Waals surface area contributed by atoms with Crippen LogP contribution in [0.3, 0.4) is 0 Å². The summed E-state index contributed by atoms with van der Waals surface area (Å²) in [5.74, 6) is -1.76. The Hall–Kier alpha value is -2.28. The molecule has 0 unspecified atom stereocenters. The van der Waals surface area contributed by atoms with E-state index in [-0.39, 0.29) is 15.8 Å². The van der Waals surface area contributed by atoms with Gasteiger partial charge >= 0.3 is 0 Å². The van der Waals surface area contributed by atoms with Crippen LogP contribution >= 0.6 is 0 Å². The molecule has 2 aromatic carbocycles. The predicted molar refractivity (Wildman–Crippen MR) is 73.4 cm³/mol. The summed E-state index contributed by atoms with van der Waals surface area (Å²) in [6.07, 6.45) is 1.12. The predicted octanol–water partition coefficient (Wildman–Crippen LogP) is 2.86. The van der Waals surface area contributed by atoms with Gasteiger partial charge in [0.05, 0.1) is 11.1 Å². The van der Waals surface area contributed by atoms with Gasteiger partial charge in [0.2, 0.25) is 0 Å². The molecule has 7 heteroatoms. The highest BCUT2D eigenvalue weighted by Gasteiger charge is 2.22. The Morgan fingerprint density at radius 1 is 1.10 bits per heavy atom. The van der Waals surface area contributed by atoms with E-state index in [1.165, 1.54) is 12.1 Å². The van der Waals surface area contributed by atoms with E-state index in [4.69, 9.17) is 0 Å². The van der Waals surface area contributed by atoms with Gasteiger partial charge in [-0.2, -0.15) is 17.6 Å². The van der Waals surface area contributed by atoms with Crippen LogP contribution in [0.4, 0.5) is 8.78 Å². The number of hydrogen-bond donors (Lipinski definition) is 0. The first-order valence-corrected chi connectivity index (χ1v) is 7.48. The van der Waals surface area contributed by atoms with E-state index in [1.54, 1.807) is 12.1 Å². The monoisotopic (exact) mass is 308 g/mol. The molecule has 0 aliphatic heterocycles. The van der Waals surface area contributed by atoms with Crippen LogP contribution in [0.2, 0.25) is 0 Å². The highest BCUT2D eigenvalue weighted by atomic mass is 32.2. The molecule has 0 fully saturated rings. The molecular weight excluding hydrogens is 298 g/mol. The molecule has 3 aromatic rings. The standard InChI is InChI=1S/C14H10F2N2O2S/c1-9-2-4-12(5-3-9)21(19,20)18-14-10(8-17-18)6-11(15)7-13(14)16/h2-8H,1H3. The summed E-state index contributed by atoms with van der Waals surface area (Å²) in [5, 5.41) is 3.78. The first-order chi connectivity index (χ1) is 9.89. The molecule has 1 heterocycles. The maximum Gasteiger partial charge on any atom is 0.283 e. The van der Waals surface area contributed by atoms with Crippen molar-refractivity contribution >= 4 is 20.9 Å². The van der Waals surface area contributed by atoms with Crippen molar-refractivity contribution in [3.05, 3.63) is 59.8 Å². The Balaban J connectivity index is 2.27. The van der Waals surface area contributed by atoms with Crippen molar-refractivity contribution in [3.8, 4) is 0 Å². The number of aryl methyl sites for hydroxylation is 1. The van der Waals surface area contributed by atoms with Crippen molar-refractivity contribution in [3.63, 3.8) is 0 Å². The normalized spacial score (nSPS) is 12.0. The molecule has 0 N–H and O–H groups in total. The van der Waals surface area contributed by atoms with Gasteiger partial charge in [0.15, 0.2) is 5.82 Å². The fraction of sp³-hybridized carbons (Fsp3) is 0.0714. The molecule has 0 saturated heterocycles. The number of nitrogens with zero attached hydrogens (tertiary/aromatic N) is 2. The summed E-state index contributed by atoms with van der Waals surface area (Å²) in [7, 11) is -4.03. The molecule has 0 aliphatic carbocycles. The number of halogens is 2. The molecule has 0 bridgehead atoms. The van der Waals surface area contributed by atoms with Gasteiger partial charge in [0, 0.05) is 11.5 Å². The molecule has 3 rings (SSSR count). The quantitative estimate of drug-likeness (QED) is 0.731. The Kier molecular flexibility index (Phi) is 3.02. The summed E-state index contributed by atoms with van der Waals surface area (Å²) < 4.78 is 52.6. The highest BCUT2D eigenvalue weighted by molar-refractivity contribution is 7.90. The fourth-order valence-corrected chi connectivity index (χ4v) is 3.33. The Morgan fingerprint density at radius 3 is 2.43 bits per heavy atom. The third-order valence-electron chi connectivity index (χ3n) is 3.10. The lowest BCUT2D eigenvalue weighted by molar-refractivity contribution is 0.573. The van der Waals surface area contributed by atoms with Gasteiger partial charge < -0.3 is 0 Å². The first kappa shape index (κ1) is 13.7. The van der Waals surface area contributed by atoms with Crippen molar-refractivity contribution in [2.75, 3.05) is 0 Å². The minimum Gasteiger partial charge on any atom is -0.207 e. The molecule has 21 heavy (non-hydrogen) atoms. The topological polar surface area (TPSA) is 52.0 Å². The number of aromatic nitrogens is 2. The van der Waals surface area contributed by atoms with Crippen LogP contribution in [-0.4, -0.2) is 17.6 Å². The van der Waals surface area contributed by atoms with Crippen molar-refractivity contribution < 1.29 is 17.2 Å². The van der Waals surface area contributed by atoms with Gasteiger partial charge in [-0.1, -0.05) is 17.7 Å². The molecule has 0 amide bonds. The minimum absolute atomic E-state index is 0.0122. The lowest BCUT2D eigenvalue weighted by Crippen LogP contribution is -2.15. The fourth-order valence-electron chi connectivity index (χ4n) is 2.05. The Labute approximate surface area is 119 Å². The van der Waals surface area contributed by atoms with Crippen LogP contribution in [0.1, 0.15) is 5.56 Å². The van der Waals surface area contributed by atoms with Crippen LogP contribution < -0.4 is 0 Å². The van der Waals surface area contributed by atoms with Crippen LogP contribution in [0.25, 0.3) is 10.9 Å². The summed E-state index contributed by atoms with van der Waals surface area (Å²) in [6.45, 7) is 1.82. The van der Waals surface area contributed by atoms with E-state index in [2.05, 4.69) is 5.10 Å². The molecule has 1 aromatic heterocycles. The van der Waals surface area contributed by atoms with Gasteiger partial charge in [-0.25, -0.2) is 8.78 Å². The van der Waals surface area contributed by atoms with Gasteiger partial charge in [-0.3, -0.25) is 0 Å². The summed E-state index contributed by atoms with van der Waals surface area (Å²) in [5.41, 5.74) is 0.629. The number of rotatable bonds is 2. The van der Waals surface area contributed by atoms with Crippen LogP contribution in [0, 0.1) is 18.6 Å². The molecule has 0 radical (unpaired) electrons. The largest absolute Gasteiger partial charge is 0.283 e. The Bertz CT molecular complexity index is 932. The van der Waals surface area contributed by atoms with E-state index in [1.807, 2.05) is 6.92 Å². The van der Waals surface area contributed by atoms with Crippen LogP contribution in [0.15, 0.2) is 47.5 Å². The average molecular weight is 308 g/mol. The molecular formula is C14H10F2N2O2S. The van der Waals surface area contributed by atoms with Gasteiger partial charge in [0.25, 0.3) is 10.0 Å². The maximum absolute atomic E-state index is 13.9. The molecule has 0 saturated carbocycles. The molecule has 0 spiro atoms. The van der Waals surface area contributed by atoms with Crippen LogP contribution in [-0.2, 0) is 10.0 Å². The van der Waals surface area contributed by atoms with E-state index in [0.717, 1.165) is 17.8 Å². The van der Waals surface area contributed by atoms with E-state index in [0.29, 0.717) is 10.2 Å². The van der Waals surface area contributed by atoms with Crippen molar-refractivity contribution in [2.24, 2.45) is 0 Å². The second kappa shape index (κ2) is 4.63. The third kappa shape index (κ3) is 2.19. The SMILES string of the molecule is Cc1ccc(S(=O)(=O)n2ncc3cc(F)cc(F)c32)cc1. The van der Waals surface area contributed by atoms with E-state index in [9.17, 15) is 17.2 Å². The van der Waals surface area contributed by atoms with Crippen molar-refractivity contribution in [1.29, 1.82) is 0 Å². The first-order valence-electron chi connectivity index (χ1n) is 6.04. The Morgan fingerprint density at radius 2 is 1.76 bits per heavy atom. The average Bonchev–Trinajstić information content (AvgIpc) is 2.83. The summed E-state index contributed by atoms with van der Waals surface area (Å²) in [4.78, 5) is -0.0122. The molecule has 0 aliphatic rings. The van der Waals surface area contributed by atoms with Crippen molar-refractivity contribution in [2.45, 2.75) is 11.8 Å². The molecule has 4 nitrogen and oxygen atoms in total. The van der Waals surface area contributed by atoms with Gasteiger partial charge in [0.1, 0.15) is 11.3 Å². The van der Waals surface area contributed by atoms with Crippen molar-refractivity contribution in [1.82, 2.24) is 9.19 Å². The molecule has 108 valence electrons. The molecule has 0 atom stereocenters. The second-order valence-electron chi connectivity index (χ2n) is 4.63. The third-order valence-corrected chi connectivity index (χ3v) is 4.70. The summed E-state index contributed by atoms with van der Waals surface area (Å²) >= 11 is 0. The van der Waals surface area contributed by atoms with Gasteiger partial charge in [-0.05, 0) is 25.1 Å². The van der Waals surface area contributed by atoms with E-state index < -0.39 is 21.7 Å². The van der Waals surface area contributed by atoms with Gasteiger partial charge in [-0.15, -0.1) is 0 Å². The number of hydrogen-bond acceptors (Lipinski definition) is 3. The lowest BCUT2D eigenvalue weighted by atomic mass is 10.2.